The van der Waals surface area contributed by atoms with Crippen LogP contribution in [0, 0.1) is 0 Å². The van der Waals surface area contributed by atoms with Gasteiger partial charge < -0.3 is 5.32 Å². The van der Waals surface area contributed by atoms with Gasteiger partial charge in [0.1, 0.15) is 11.4 Å². The fraction of sp³-hybridized carbons (Fsp3) is 0.300. The fourth-order valence-corrected chi connectivity index (χ4v) is 2.82. The number of aromatic nitrogens is 3. The first kappa shape index (κ1) is 17.6. The highest BCUT2D eigenvalue weighted by atomic mass is 35.5. The molecule has 1 aromatic heterocycles. The molecule has 1 N–H and O–H groups in total. The number of benzene rings is 2. The van der Waals surface area contributed by atoms with Gasteiger partial charge in [-0.05, 0) is 31.0 Å². The van der Waals surface area contributed by atoms with Crippen LogP contribution in [0.3, 0.4) is 0 Å². The van der Waals surface area contributed by atoms with E-state index in [0.717, 1.165) is 34.0 Å². The van der Waals surface area contributed by atoms with Gasteiger partial charge in [0.15, 0.2) is 0 Å². The summed E-state index contributed by atoms with van der Waals surface area (Å²) in [5.41, 5.74) is 4.07. The molecular weight excluding hydrogens is 332 g/mol. The van der Waals surface area contributed by atoms with Crippen molar-refractivity contribution in [1.82, 2.24) is 20.3 Å². The molecule has 0 radical (unpaired) electrons. The van der Waals surface area contributed by atoms with Crippen LogP contribution in [-0.2, 0) is 13.1 Å². The summed E-state index contributed by atoms with van der Waals surface area (Å²) in [6, 6.07) is 18.5. The van der Waals surface area contributed by atoms with E-state index in [9.17, 15) is 0 Å². The summed E-state index contributed by atoms with van der Waals surface area (Å²) in [6.45, 7) is 5.66. The van der Waals surface area contributed by atoms with E-state index in [-0.39, 0.29) is 0 Å². The van der Waals surface area contributed by atoms with Gasteiger partial charge in [-0.3, -0.25) is 0 Å². The van der Waals surface area contributed by atoms with Crippen LogP contribution in [0.5, 0.6) is 0 Å². The van der Waals surface area contributed by atoms with Gasteiger partial charge in [0, 0.05) is 23.2 Å². The molecule has 3 aromatic rings. The van der Waals surface area contributed by atoms with Gasteiger partial charge in [0.25, 0.3) is 0 Å². The van der Waals surface area contributed by atoms with E-state index in [4.69, 9.17) is 21.8 Å². The monoisotopic (exact) mass is 354 g/mol. The van der Waals surface area contributed by atoms with Crippen molar-refractivity contribution in [2.45, 2.75) is 39.4 Å². The van der Waals surface area contributed by atoms with Crippen LogP contribution < -0.4 is 5.32 Å². The average molecular weight is 355 g/mol. The molecule has 2 aromatic carbocycles. The zero-order valence-electron chi connectivity index (χ0n) is 14.6. The Morgan fingerprint density at radius 3 is 2.60 bits per heavy atom. The number of rotatable bonds is 7. The van der Waals surface area contributed by atoms with E-state index < -0.39 is 0 Å². The van der Waals surface area contributed by atoms with Crippen molar-refractivity contribution in [2.75, 3.05) is 0 Å². The SMILES string of the molecule is CC[C@H](C)NCc1nn(Cc2cccc(Cl)c2)nc1-c1ccccc1. The maximum absolute atomic E-state index is 6.08. The summed E-state index contributed by atoms with van der Waals surface area (Å²) in [6.07, 6.45) is 1.08. The van der Waals surface area contributed by atoms with E-state index >= 15 is 0 Å². The van der Waals surface area contributed by atoms with Gasteiger partial charge >= 0.3 is 0 Å². The molecule has 0 amide bonds. The molecule has 0 fully saturated rings. The van der Waals surface area contributed by atoms with Crippen molar-refractivity contribution >= 4 is 11.6 Å². The zero-order chi connectivity index (χ0) is 17.6. The minimum absolute atomic E-state index is 0.446. The second-order valence-electron chi connectivity index (χ2n) is 6.21. The topological polar surface area (TPSA) is 42.7 Å². The molecule has 1 heterocycles. The molecule has 0 aliphatic rings. The van der Waals surface area contributed by atoms with Gasteiger partial charge in [-0.25, -0.2) is 0 Å². The highest BCUT2D eigenvalue weighted by Gasteiger charge is 2.14. The summed E-state index contributed by atoms with van der Waals surface area (Å²) in [5, 5.41) is 13.7. The maximum Gasteiger partial charge on any atom is 0.117 e. The minimum atomic E-state index is 0.446. The molecule has 0 bridgehead atoms. The van der Waals surface area contributed by atoms with E-state index in [2.05, 4.69) is 31.3 Å². The summed E-state index contributed by atoms with van der Waals surface area (Å²) < 4.78 is 0. The third kappa shape index (κ3) is 4.68. The molecule has 0 unspecified atom stereocenters. The number of hydrogen-bond acceptors (Lipinski definition) is 3. The third-order valence-corrected chi connectivity index (χ3v) is 4.45. The first-order chi connectivity index (χ1) is 12.2. The molecule has 0 saturated carbocycles. The van der Waals surface area contributed by atoms with Crippen molar-refractivity contribution in [2.24, 2.45) is 0 Å². The van der Waals surface area contributed by atoms with Crippen LogP contribution in [0.15, 0.2) is 54.6 Å². The Kier molecular flexibility index (Phi) is 5.84. The Hall–Kier alpha value is -2.17. The Bertz CT molecular complexity index is 814. The smallest absolute Gasteiger partial charge is 0.117 e. The van der Waals surface area contributed by atoms with E-state index in [0.29, 0.717) is 19.1 Å². The molecule has 5 heteroatoms. The lowest BCUT2D eigenvalue weighted by atomic mass is 10.1. The average Bonchev–Trinajstić information content (AvgIpc) is 3.03. The van der Waals surface area contributed by atoms with Crippen LogP contribution >= 0.6 is 11.6 Å². The predicted octanol–water partition coefficient (Wildman–Crippen LogP) is 4.53. The largest absolute Gasteiger partial charge is 0.309 e. The third-order valence-electron chi connectivity index (χ3n) is 4.22. The Morgan fingerprint density at radius 1 is 1.08 bits per heavy atom. The fourth-order valence-electron chi connectivity index (χ4n) is 2.61. The van der Waals surface area contributed by atoms with Crippen molar-refractivity contribution in [3.63, 3.8) is 0 Å². The Labute approximate surface area is 153 Å². The van der Waals surface area contributed by atoms with Gasteiger partial charge in [0.2, 0.25) is 0 Å². The van der Waals surface area contributed by atoms with Gasteiger partial charge in [0.05, 0.1) is 6.54 Å². The molecule has 0 saturated heterocycles. The van der Waals surface area contributed by atoms with E-state index in [1.54, 1.807) is 4.80 Å². The molecular formula is C20H23ClN4. The predicted molar refractivity (Wildman–Crippen MR) is 103 cm³/mol. The van der Waals surface area contributed by atoms with Crippen molar-refractivity contribution in [3.05, 3.63) is 70.9 Å². The number of nitrogens with one attached hydrogen (secondary N) is 1. The molecule has 0 aliphatic heterocycles. The Morgan fingerprint density at radius 2 is 1.88 bits per heavy atom. The second-order valence-corrected chi connectivity index (χ2v) is 6.65. The molecule has 130 valence electrons. The standard InChI is InChI=1S/C20H23ClN4/c1-3-15(2)22-13-19-20(17-9-5-4-6-10-17)24-25(23-19)14-16-8-7-11-18(21)12-16/h4-12,15,22H,3,13-14H2,1-2H3/t15-/m0/s1. The van der Waals surface area contributed by atoms with Crippen molar-refractivity contribution < 1.29 is 0 Å². The molecule has 4 nitrogen and oxygen atoms in total. The summed E-state index contributed by atoms with van der Waals surface area (Å²) in [4.78, 5) is 1.75. The van der Waals surface area contributed by atoms with Crippen LogP contribution in [0.4, 0.5) is 0 Å². The molecule has 1 atom stereocenters. The number of hydrogen-bond donors (Lipinski definition) is 1. The summed E-state index contributed by atoms with van der Waals surface area (Å²) in [7, 11) is 0. The lowest BCUT2D eigenvalue weighted by Gasteiger charge is -2.10. The van der Waals surface area contributed by atoms with E-state index in [1.165, 1.54) is 0 Å². The quantitative estimate of drug-likeness (QED) is 0.677. The molecule has 25 heavy (non-hydrogen) atoms. The first-order valence-electron chi connectivity index (χ1n) is 8.63. The lowest BCUT2D eigenvalue weighted by Crippen LogP contribution is -2.25. The second kappa shape index (κ2) is 8.28. The zero-order valence-corrected chi connectivity index (χ0v) is 15.4. The lowest BCUT2D eigenvalue weighted by molar-refractivity contribution is 0.520. The maximum atomic E-state index is 6.08. The number of nitrogens with zero attached hydrogens (tertiary/aromatic N) is 3. The normalized spacial score (nSPS) is 12.3. The minimum Gasteiger partial charge on any atom is -0.309 e. The Balaban J connectivity index is 1.88. The van der Waals surface area contributed by atoms with Crippen molar-refractivity contribution in [1.29, 1.82) is 0 Å². The van der Waals surface area contributed by atoms with Crippen LogP contribution in [0.25, 0.3) is 11.3 Å². The van der Waals surface area contributed by atoms with Gasteiger partial charge in [-0.1, -0.05) is 61.0 Å². The summed E-state index contributed by atoms with van der Waals surface area (Å²) >= 11 is 6.08. The highest BCUT2D eigenvalue weighted by Crippen LogP contribution is 2.21. The molecule has 0 spiro atoms. The highest BCUT2D eigenvalue weighted by molar-refractivity contribution is 6.30. The van der Waals surface area contributed by atoms with Crippen molar-refractivity contribution in [3.8, 4) is 11.3 Å². The van der Waals surface area contributed by atoms with Crippen LogP contribution in [0.1, 0.15) is 31.5 Å². The number of halogens is 1. The van der Waals surface area contributed by atoms with Gasteiger partial charge in [-0.15, -0.1) is 0 Å². The van der Waals surface area contributed by atoms with Gasteiger partial charge in [-0.2, -0.15) is 15.0 Å². The van der Waals surface area contributed by atoms with Crippen LogP contribution in [0.2, 0.25) is 5.02 Å². The van der Waals surface area contributed by atoms with Crippen LogP contribution in [-0.4, -0.2) is 21.0 Å². The first-order valence-corrected chi connectivity index (χ1v) is 9.00. The summed E-state index contributed by atoms with van der Waals surface area (Å²) in [5.74, 6) is 0. The molecule has 0 aliphatic carbocycles. The van der Waals surface area contributed by atoms with E-state index in [1.807, 2.05) is 42.5 Å². The molecule has 3 rings (SSSR count).